The molecule has 3 aromatic carbocycles. The Hall–Kier alpha value is -3.55. The molecule has 6 nitrogen and oxygen atoms in total. The Morgan fingerprint density at radius 3 is 2.17 bits per heavy atom. The molecule has 2 N–H and O–H groups in total. The van der Waals surface area contributed by atoms with Crippen LogP contribution in [0, 0.1) is 23.6 Å². The smallest absolute Gasteiger partial charge is 0.227 e. The van der Waals surface area contributed by atoms with Crippen molar-refractivity contribution >= 4 is 17.4 Å². The van der Waals surface area contributed by atoms with Gasteiger partial charge in [0.05, 0.1) is 0 Å². The van der Waals surface area contributed by atoms with Gasteiger partial charge >= 0.3 is 0 Å². The number of benzene rings is 3. The lowest BCUT2D eigenvalue weighted by Crippen LogP contribution is -2.41. The number of rotatable bonds is 12. The molecule has 0 saturated heterocycles. The van der Waals surface area contributed by atoms with Crippen molar-refractivity contribution < 1.29 is 23.8 Å². The topological polar surface area (TPSA) is 78.9 Å². The molecule has 224 valence electrons. The number of anilines is 1. The van der Waals surface area contributed by atoms with Gasteiger partial charge in [0, 0.05) is 23.9 Å². The zero-order valence-corrected chi connectivity index (χ0v) is 24.9. The van der Waals surface area contributed by atoms with E-state index in [0.717, 1.165) is 25.7 Å². The van der Waals surface area contributed by atoms with Crippen LogP contribution in [0.1, 0.15) is 57.4 Å². The number of carbonyl (C=O) groups is 2. The predicted molar refractivity (Wildman–Crippen MR) is 164 cm³/mol. The van der Waals surface area contributed by atoms with Crippen LogP contribution in [0.2, 0.25) is 0 Å². The second-order valence-electron chi connectivity index (χ2n) is 12.0. The molecule has 1 fully saturated rings. The molecule has 0 spiro atoms. The van der Waals surface area contributed by atoms with Gasteiger partial charge in [0.1, 0.15) is 28.8 Å². The Morgan fingerprint density at radius 2 is 1.52 bits per heavy atom. The summed E-state index contributed by atoms with van der Waals surface area (Å²) in [4.78, 5) is 28.5. The molecule has 42 heavy (non-hydrogen) atoms. The number of amides is 1. The number of hydrogen-bond donors (Lipinski definition) is 2. The van der Waals surface area contributed by atoms with Crippen LogP contribution in [0.4, 0.5) is 10.1 Å². The van der Waals surface area contributed by atoms with Crippen LogP contribution in [0.5, 0.6) is 11.5 Å². The lowest BCUT2D eigenvalue weighted by atomic mass is 9.84. The third-order valence-corrected chi connectivity index (χ3v) is 8.59. The number of ketones is 1. The van der Waals surface area contributed by atoms with Gasteiger partial charge in [-0.15, -0.1) is 0 Å². The fourth-order valence-corrected chi connectivity index (χ4v) is 5.60. The van der Waals surface area contributed by atoms with Crippen LogP contribution >= 0.6 is 0 Å². The molecule has 7 heteroatoms. The summed E-state index contributed by atoms with van der Waals surface area (Å²) in [6.45, 7) is 1.73. The van der Waals surface area contributed by atoms with Crippen LogP contribution in [0.3, 0.4) is 0 Å². The Kier molecular flexibility index (Phi) is 10.9. The lowest BCUT2D eigenvalue weighted by molar-refractivity contribution is -0.127. The van der Waals surface area contributed by atoms with E-state index in [4.69, 9.17) is 4.74 Å². The number of Topliss-reactive ketones (excluding diaryl/α,β-unsaturated/α-hetero) is 1. The maximum atomic E-state index is 13.5. The van der Waals surface area contributed by atoms with E-state index in [1.54, 1.807) is 48.2 Å². The van der Waals surface area contributed by atoms with Crippen molar-refractivity contribution in [2.45, 2.75) is 64.0 Å². The maximum Gasteiger partial charge on any atom is 0.227 e. The highest BCUT2D eigenvalue weighted by molar-refractivity contribution is 5.92. The fraction of sp³-hybridized carbons (Fsp3) is 0.429. The number of halogens is 1. The molecule has 1 amide bonds. The highest BCUT2D eigenvalue weighted by Gasteiger charge is 2.33. The van der Waals surface area contributed by atoms with Gasteiger partial charge in [0.15, 0.2) is 0 Å². The molecule has 0 aliphatic heterocycles. The summed E-state index contributed by atoms with van der Waals surface area (Å²) in [5.74, 6) is 0.892. The Bertz CT molecular complexity index is 1290. The second kappa shape index (κ2) is 14.6. The van der Waals surface area contributed by atoms with Gasteiger partial charge in [0.25, 0.3) is 0 Å². The summed E-state index contributed by atoms with van der Waals surface area (Å²) in [5.41, 5.74) is 0.903. The fourth-order valence-electron chi connectivity index (χ4n) is 5.60. The third kappa shape index (κ3) is 9.23. The zero-order valence-electron chi connectivity index (χ0n) is 24.9. The molecule has 4 atom stereocenters. The number of ether oxygens (including phenoxy) is 1. The lowest BCUT2D eigenvalue weighted by Gasteiger charge is -2.31. The van der Waals surface area contributed by atoms with Gasteiger partial charge in [-0.1, -0.05) is 30.3 Å². The zero-order chi connectivity index (χ0) is 30.1. The van der Waals surface area contributed by atoms with Crippen molar-refractivity contribution in [1.29, 1.82) is 0 Å². The van der Waals surface area contributed by atoms with Crippen molar-refractivity contribution in [1.82, 2.24) is 4.90 Å². The summed E-state index contributed by atoms with van der Waals surface area (Å²) in [6.07, 6.45) is 5.37. The van der Waals surface area contributed by atoms with Gasteiger partial charge in [-0.25, -0.2) is 4.39 Å². The molecule has 0 aromatic heterocycles. The van der Waals surface area contributed by atoms with Gasteiger partial charge in [-0.05, 0) is 126 Å². The number of nitrogens with one attached hydrogen (secondary N) is 1. The quantitative estimate of drug-likeness (QED) is 0.176. The normalized spacial score (nSPS) is 20.4. The highest BCUT2D eigenvalue weighted by atomic mass is 19.1. The van der Waals surface area contributed by atoms with Crippen molar-refractivity contribution in [2.24, 2.45) is 17.8 Å². The monoisotopic (exact) mass is 574 g/mol. The minimum atomic E-state index is -1.03. The van der Waals surface area contributed by atoms with E-state index in [1.807, 2.05) is 32.3 Å². The van der Waals surface area contributed by atoms with Crippen molar-refractivity contribution in [3.8, 4) is 11.5 Å². The summed E-state index contributed by atoms with van der Waals surface area (Å²) in [5, 5.41) is 13.7. The first-order valence-electron chi connectivity index (χ1n) is 14.9. The van der Waals surface area contributed by atoms with E-state index in [9.17, 15) is 19.1 Å². The SMILES string of the molecule is CN(C)C(C)(O)CCC(=O)C1CCC(C(=O)Nc2ccc(Oc3ccc(F)cc3)cc2)CC(CCc2ccccc2)C1. The van der Waals surface area contributed by atoms with Gasteiger partial charge < -0.3 is 15.2 Å². The molecule has 1 aliphatic carbocycles. The first-order valence-corrected chi connectivity index (χ1v) is 14.9. The summed E-state index contributed by atoms with van der Waals surface area (Å²) < 4.78 is 18.9. The number of hydrogen-bond acceptors (Lipinski definition) is 5. The maximum absolute atomic E-state index is 13.5. The van der Waals surface area contributed by atoms with E-state index in [1.165, 1.54) is 17.7 Å². The summed E-state index contributed by atoms with van der Waals surface area (Å²) in [7, 11) is 3.62. The number of nitrogens with zero attached hydrogens (tertiary/aromatic N) is 1. The van der Waals surface area contributed by atoms with Crippen LogP contribution in [-0.4, -0.2) is 41.5 Å². The van der Waals surface area contributed by atoms with Gasteiger partial charge in [-0.2, -0.15) is 0 Å². The molecule has 4 unspecified atom stereocenters. The van der Waals surface area contributed by atoms with Gasteiger partial charge in [0.2, 0.25) is 5.91 Å². The standard InChI is InChI=1S/C35H43FN2O4/c1-35(41,38(2)3)22-21-33(39)27-11-12-28(24-26(23-27)10-9-25-7-5-4-6-8-25)34(40)37-30-15-19-32(20-16-30)42-31-17-13-29(36)14-18-31/h4-8,13-20,26-28,41H,9-12,21-24H2,1-3H3,(H,37,40). The number of aliphatic hydroxyl groups is 1. The van der Waals surface area contributed by atoms with E-state index < -0.39 is 5.72 Å². The number of carbonyl (C=O) groups excluding carboxylic acids is 2. The molecule has 4 rings (SSSR count). The third-order valence-electron chi connectivity index (χ3n) is 8.59. The molecule has 3 aromatic rings. The van der Waals surface area contributed by atoms with Gasteiger partial charge in [-0.3, -0.25) is 14.5 Å². The first-order chi connectivity index (χ1) is 20.1. The summed E-state index contributed by atoms with van der Waals surface area (Å²) in [6, 6.07) is 23.3. The van der Waals surface area contributed by atoms with Crippen LogP contribution < -0.4 is 10.1 Å². The molecule has 0 radical (unpaired) electrons. The Labute approximate surface area is 248 Å². The molecule has 1 aliphatic rings. The van der Waals surface area contributed by atoms with E-state index >= 15 is 0 Å². The largest absolute Gasteiger partial charge is 0.457 e. The minimum absolute atomic E-state index is 0.0319. The predicted octanol–water partition coefficient (Wildman–Crippen LogP) is 7.23. The van der Waals surface area contributed by atoms with E-state index in [0.29, 0.717) is 42.9 Å². The van der Waals surface area contributed by atoms with Crippen molar-refractivity contribution in [2.75, 3.05) is 19.4 Å². The summed E-state index contributed by atoms with van der Waals surface area (Å²) >= 11 is 0. The van der Waals surface area contributed by atoms with E-state index in [-0.39, 0.29) is 35.3 Å². The van der Waals surface area contributed by atoms with E-state index in [2.05, 4.69) is 17.4 Å². The Balaban J connectivity index is 1.39. The second-order valence-corrected chi connectivity index (χ2v) is 12.0. The molecular weight excluding hydrogens is 531 g/mol. The van der Waals surface area contributed by atoms with Crippen LogP contribution in [-0.2, 0) is 16.0 Å². The highest BCUT2D eigenvalue weighted by Crippen LogP contribution is 2.36. The average Bonchev–Trinajstić information content (AvgIpc) is 3.21. The minimum Gasteiger partial charge on any atom is -0.457 e. The molecule has 0 bridgehead atoms. The first kappa shape index (κ1) is 31.4. The number of aryl methyl sites for hydroxylation is 1. The average molecular weight is 575 g/mol. The van der Waals surface area contributed by atoms with Crippen molar-refractivity contribution in [3.63, 3.8) is 0 Å². The molecule has 0 heterocycles. The van der Waals surface area contributed by atoms with Crippen LogP contribution in [0.15, 0.2) is 78.9 Å². The molecular formula is C35H43FN2O4. The Morgan fingerprint density at radius 1 is 0.929 bits per heavy atom. The van der Waals surface area contributed by atoms with Crippen molar-refractivity contribution in [3.05, 3.63) is 90.2 Å². The van der Waals surface area contributed by atoms with Crippen LogP contribution in [0.25, 0.3) is 0 Å². The molecule has 1 saturated carbocycles.